The number of amides is 1. The van der Waals surface area contributed by atoms with Crippen LogP contribution in [-0.4, -0.2) is 33.4 Å². The number of aromatic amines is 1. The first-order valence-electron chi connectivity index (χ1n) is 4.99. The number of aliphatic hydroxyl groups is 1. The number of aromatic nitrogens is 2. The maximum Gasteiger partial charge on any atom is 0.254 e. The Hall–Kier alpha value is -1.36. The third-order valence-electron chi connectivity index (χ3n) is 3.28. The molecule has 1 aliphatic carbocycles. The molecular weight excluding hydrogens is 194 g/mol. The van der Waals surface area contributed by atoms with Gasteiger partial charge in [-0.25, -0.2) is 0 Å². The first kappa shape index (κ1) is 10.2. The number of rotatable bonds is 2. The second-order valence-electron chi connectivity index (χ2n) is 4.59. The highest BCUT2D eigenvalue weighted by molar-refractivity contribution is 5.93. The third kappa shape index (κ3) is 1.63. The van der Waals surface area contributed by atoms with Crippen molar-refractivity contribution in [3.63, 3.8) is 0 Å². The van der Waals surface area contributed by atoms with Crippen molar-refractivity contribution in [3.05, 3.63) is 18.0 Å². The highest BCUT2D eigenvalue weighted by atomic mass is 16.3. The zero-order chi connectivity index (χ0) is 11.1. The molecule has 2 atom stereocenters. The Morgan fingerprint density at radius 2 is 2.47 bits per heavy atom. The summed E-state index contributed by atoms with van der Waals surface area (Å²) in [4.78, 5) is 11.7. The number of hydrogen-bond donors (Lipinski definition) is 3. The molecule has 2 unspecified atom stereocenters. The van der Waals surface area contributed by atoms with Crippen LogP contribution in [0.2, 0.25) is 0 Å². The van der Waals surface area contributed by atoms with Gasteiger partial charge in [-0.3, -0.25) is 9.89 Å². The van der Waals surface area contributed by atoms with E-state index >= 15 is 0 Å². The number of nitrogens with one attached hydrogen (secondary N) is 2. The summed E-state index contributed by atoms with van der Waals surface area (Å²) in [5, 5.41) is 18.7. The average molecular weight is 209 g/mol. The van der Waals surface area contributed by atoms with Crippen molar-refractivity contribution in [2.24, 2.45) is 5.41 Å². The van der Waals surface area contributed by atoms with E-state index in [2.05, 4.69) is 15.5 Å². The fourth-order valence-electron chi connectivity index (χ4n) is 1.76. The van der Waals surface area contributed by atoms with Crippen molar-refractivity contribution >= 4 is 5.91 Å². The van der Waals surface area contributed by atoms with Crippen LogP contribution in [0.3, 0.4) is 0 Å². The van der Waals surface area contributed by atoms with Gasteiger partial charge < -0.3 is 10.4 Å². The second-order valence-corrected chi connectivity index (χ2v) is 4.59. The third-order valence-corrected chi connectivity index (χ3v) is 3.28. The smallest absolute Gasteiger partial charge is 0.254 e. The predicted molar refractivity (Wildman–Crippen MR) is 54.2 cm³/mol. The van der Waals surface area contributed by atoms with Crippen molar-refractivity contribution in [2.75, 3.05) is 0 Å². The van der Waals surface area contributed by atoms with Crippen LogP contribution in [-0.2, 0) is 0 Å². The summed E-state index contributed by atoms with van der Waals surface area (Å²) in [6.07, 6.45) is 3.33. The Kier molecular flexibility index (Phi) is 2.26. The lowest BCUT2D eigenvalue weighted by Crippen LogP contribution is -2.61. The van der Waals surface area contributed by atoms with Gasteiger partial charge >= 0.3 is 0 Å². The van der Waals surface area contributed by atoms with Crippen LogP contribution in [0.5, 0.6) is 0 Å². The molecule has 0 spiro atoms. The summed E-state index contributed by atoms with van der Waals surface area (Å²) in [7, 11) is 0. The molecule has 5 nitrogen and oxygen atoms in total. The Morgan fingerprint density at radius 3 is 2.93 bits per heavy atom. The average Bonchev–Trinajstić information content (AvgIpc) is 2.70. The van der Waals surface area contributed by atoms with E-state index in [9.17, 15) is 9.90 Å². The van der Waals surface area contributed by atoms with Crippen molar-refractivity contribution < 1.29 is 9.90 Å². The summed E-state index contributed by atoms with van der Waals surface area (Å²) in [6.45, 7) is 3.89. The van der Waals surface area contributed by atoms with Crippen LogP contribution in [0.25, 0.3) is 0 Å². The van der Waals surface area contributed by atoms with Crippen LogP contribution in [0.1, 0.15) is 30.6 Å². The number of carbonyl (C=O) groups is 1. The normalized spacial score (nSPS) is 28.2. The highest BCUT2D eigenvalue weighted by Crippen LogP contribution is 2.40. The summed E-state index contributed by atoms with van der Waals surface area (Å²) < 4.78 is 0. The van der Waals surface area contributed by atoms with Crippen LogP contribution in [0, 0.1) is 5.41 Å². The molecule has 0 bridgehead atoms. The van der Waals surface area contributed by atoms with Crippen molar-refractivity contribution in [1.82, 2.24) is 15.5 Å². The first-order chi connectivity index (χ1) is 7.01. The zero-order valence-electron chi connectivity index (χ0n) is 8.82. The first-order valence-corrected chi connectivity index (χ1v) is 4.99. The van der Waals surface area contributed by atoms with Gasteiger partial charge in [0.15, 0.2) is 0 Å². The van der Waals surface area contributed by atoms with Gasteiger partial charge in [0, 0.05) is 17.7 Å². The SMILES string of the molecule is CC1(C)C(O)CC1NC(=O)c1cn[nH]c1. The highest BCUT2D eigenvalue weighted by Gasteiger charge is 2.47. The standard InChI is InChI=1S/C10H15N3O2/c1-10(2)7(3-8(10)14)13-9(15)6-4-11-12-5-6/h4-5,7-8,14H,3H2,1-2H3,(H,11,12)(H,13,15). The fourth-order valence-corrected chi connectivity index (χ4v) is 1.76. The molecular formula is C10H15N3O2. The Labute approximate surface area is 87.9 Å². The number of H-pyrrole nitrogens is 1. The van der Waals surface area contributed by atoms with Crippen LogP contribution >= 0.6 is 0 Å². The lowest BCUT2D eigenvalue weighted by atomic mass is 9.64. The van der Waals surface area contributed by atoms with Crippen molar-refractivity contribution in [1.29, 1.82) is 0 Å². The van der Waals surface area contributed by atoms with Gasteiger partial charge in [0.1, 0.15) is 0 Å². The van der Waals surface area contributed by atoms with Gasteiger partial charge in [-0.05, 0) is 6.42 Å². The summed E-state index contributed by atoms with van der Waals surface area (Å²) in [5.41, 5.74) is 0.284. The maximum absolute atomic E-state index is 11.7. The molecule has 5 heteroatoms. The minimum Gasteiger partial charge on any atom is -0.392 e. The lowest BCUT2D eigenvalue weighted by Gasteiger charge is -2.49. The van der Waals surface area contributed by atoms with Crippen molar-refractivity contribution in [3.8, 4) is 0 Å². The number of carbonyl (C=O) groups excluding carboxylic acids is 1. The van der Waals surface area contributed by atoms with Crippen LogP contribution in [0.15, 0.2) is 12.4 Å². The second kappa shape index (κ2) is 3.34. The molecule has 1 saturated carbocycles. The molecule has 1 aromatic heterocycles. The largest absolute Gasteiger partial charge is 0.392 e. The number of aliphatic hydroxyl groups excluding tert-OH is 1. The van der Waals surface area contributed by atoms with E-state index in [1.807, 2.05) is 13.8 Å². The van der Waals surface area contributed by atoms with E-state index in [4.69, 9.17) is 0 Å². The minimum absolute atomic E-state index is 0.0369. The zero-order valence-corrected chi connectivity index (χ0v) is 8.82. The van der Waals surface area contributed by atoms with E-state index in [0.717, 1.165) is 0 Å². The van der Waals surface area contributed by atoms with E-state index in [-0.39, 0.29) is 23.5 Å². The van der Waals surface area contributed by atoms with E-state index in [0.29, 0.717) is 12.0 Å². The van der Waals surface area contributed by atoms with Gasteiger partial charge in [0.25, 0.3) is 5.91 Å². The molecule has 2 rings (SSSR count). The van der Waals surface area contributed by atoms with Gasteiger partial charge in [0.05, 0.1) is 17.9 Å². The Balaban J connectivity index is 1.97. The summed E-state index contributed by atoms with van der Waals surface area (Å²) in [6, 6.07) is 0.0369. The molecule has 0 radical (unpaired) electrons. The van der Waals surface area contributed by atoms with E-state index in [1.54, 1.807) is 6.20 Å². The van der Waals surface area contributed by atoms with E-state index < -0.39 is 0 Å². The molecule has 1 fully saturated rings. The number of hydrogen-bond acceptors (Lipinski definition) is 3. The molecule has 3 N–H and O–H groups in total. The van der Waals surface area contributed by atoms with Crippen LogP contribution < -0.4 is 5.32 Å². The molecule has 0 aliphatic heterocycles. The number of nitrogens with zero attached hydrogens (tertiary/aromatic N) is 1. The molecule has 0 aromatic carbocycles. The maximum atomic E-state index is 11.7. The molecule has 1 aromatic rings. The molecule has 1 aliphatic rings. The molecule has 82 valence electrons. The van der Waals surface area contributed by atoms with Crippen molar-refractivity contribution in [2.45, 2.75) is 32.4 Å². The molecule has 1 amide bonds. The molecule has 1 heterocycles. The lowest BCUT2D eigenvalue weighted by molar-refractivity contribution is -0.0689. The minimum atomic E-state index is -0.327. The van der Waals surface area contributed by atoms with Gasteiger partial charge in [0.2, 0.25) is 0 Å². The summed E-state index contributed by atoms with van der Waals surface area (Å²) in [5.74, 6) is -0.145. The predicted octanol–water partition coefficient (Wildman–Crippen LogP) is 0.299. The van der Waals surface area contributed by atoms with Gasteiger partial charge in [-0.2, -0.15) is 5.10 Å². The molecule has 15 heavy (non-hydrogen) atoms. The molecule has 0 saturated heterocycles. The van der Waals surface area contributed by atoms with Crippen LogP contribution in [0.4, 0.5) is 0 Å². The van der Waals surface area contributed by atoms with Gasteiger partial charge in [-0.15, -0.1) is 0 Å². The fraction of sp³-hybridized carbons (Fsp3) is 0.600. The van der Waals surface area contributed by atoms with Gasteiger partial charge in [-0.1, -0.05) is 13.8 Å². The Bertz CT molecular complexity index is 359. The topological polar surface area (TPSA) is 78.0 Å². The van der Waals surface area contributed by atoms with E-state index in [1.165, 1.54) is 6.20 Å². The monoisotopic (exact) mass is 209 g/mol. The Morgan fingerprint density at radius 1 is 1.73 bits per heavy atom. The quantitative estimate of drug-likeness (QED) is 0.655. The summed E-state index contributed by atoms with van der Waals surface area (Å²) >= 11 is 0.